The Kier molecular flexibility index (Phi) is 5.74. The number of hydrogen-bond acceptors (Lipinski definition) is 3. The molecule has 2 aromatic rings. The van der Waals surface area contributed by atoms with E-state index >= 15 is 0 Å². The molecule has 0 aromatic carbocycles. The lowest BCUT2D eigenvalue weighted by molar-refractivity contribution is -0.133. The van der Waals surface area contributed by atoms with Gasteiger partial charge in [0, 0.05) is 25.5 Å². The van der Waals surface area contributed by atoms with Crippen LogP contribution in [0.5, 0.6) is 0 Å². The van der Waals surface area contributed by atoms with Crippen molar-refractivity contribution in [3.8, 4) is 0 Å². The molecule has 0 radical (unpaired) electrons. The van der Waals surface area contributed by atoms with Crippen molar-refractivity contribution >= 4 is 21.8 Å². The summed E-state index contributed by atoms with van der Waals surface area (Å²) in [5.41, 5.74) is 0.945. The van der Waals surface area contributed by atoms with Crippen molar-refractivity contribution in [2.75, 3.05) is 7.05 Å². The molecule has 2 rings (SSSR count). The number of likely N-dealkylation sites (N-methyl/N-ethyl adjacent to an activating group) is 1. The van der Waals surface area contributed by atoms with Gasteiger partial charge >= 0.3 is 0 Å². The number of carbonyl (C=O) groups excluding carboxylic acids is 1. The normalized spacial score (nSPS) is 12.7. The van der Waals surface area contributed by atoms with Gasteiger partial charge in [0.05, 0.1) is 16.7 Å². The molecule has 0 aliphatic carbocycles. The molecule has 0 saturated heterocycles. The van der Waals surface area contributed by atoms with Crippen molar-refractivity contribution in [3.05, 3.63) is 33.8 Å². The first-order valence-corrected chi connectivity index (χ1v) is 8.34. The van der Waals surface area contributed by atoms with Gasteiger partial charge in [-0.25, -0.2) is 8.78 Å². The van der Waals surface area contributed by atoms with Crippen LogP contribution in [0.15, 0.2) is 16.7 Å². The minimum Gasteiger partial charge on any atom is -0.338 e. The van der Waals surface area contributed by atoms with Gasteiger partial charge in [-0.15, -0.1) is 0 Å². The Morgan fingerprint density at radius 3 is 2.58 bits per heavy atom. The number of carbonyl (C=O) groups is 1. The number of hydrogen-bond donors (Lipinski definition) is 0. The molecule has 2 heterocycles. The van der Waals surface area contributed by atoms with Crippen molar-refractivity contribution in [2.24, 2.45) is 0 Å². The SMILES string of the molecule is CCn1cc(Br)c(CN(C)C(=O)C(C)n2nc(C(F)F)cc2C)n1. The van der Waals surface area contributed by atoms with Crippen LogP contribution in [0, 0.1) is 6.92 Å². The van der Waals surface area contributed by atoms with E-state index in [0.29, 0.717) is 12.2 Å². The Bertz CT molecular complexity index is 728. The van der Waals surface area contributed by atoms with Gasteiger partial charge in [0.15, 0.2) is 0 Å². The number of nitrogens with zero attached hydrogens (tertiary/aromatic N) is 5. The van der Waals surface area contributed by atoms with Crippen LogP contribution >= 0.6 is 15.9 Å². The Balaban J connectivity index is 2.13. The third-order valence-electron chi connectivity index (χ3n) is 3.76. The third kappa shape index (κ3) is 3.82. The maximum Gasteiger partial charge on any atom is 0.282 e. The van der Waals surface area contributed by atoms with Gasteiger partial charge in [0.1, 0.15) is 11.7 Å². The molecule has 0 fully saturated rings. The fraction of sp³-hybridized carbons (Fsp3) is 0.533. The van der Waals surface area contributed by atoms with E-state index in [2.05, 4.69) is 26.1 Å². The summed E-state index contributed by atoms with van der Waals surface area (Å²) in [4.78, 5) is 14.1. The van der Waals surface area contributed by atoms with Gasteiger partial charge in [0.25, 0.3) is 6.43 Å². The summed E-state index contributed by atoms with van der Waals surface area (Å²) >= 11 is 3.43. The summed E-state index contributed by atoms with van der Waals surface area (Å²) in [5.74, 6) is -0.222. The quantitative estimate of drug-likeness (QED) is 0.742. The summed E-state index contributed by atoms with van der Waals surface area (Å²) in [6, 6.07) is 0.628. The smallest absolute Gasteiger partial charge is 0.282 e. The average molecular weight is 404 g/mol. The van der Waals surface area contributed by atoms with E-state index in [-0.39, 0.29) is 11.6 Å². The second-order valence-corrected chi connectivity index (χ2v) is 6.46. The standard InChI is InChI=1S/C15H20BrF2N5O/c1-5-22-7-11(16)13(19-22)8-21(4)15(24)10(3)23-9(2)6-12(20-23)14(17)18/h6-7,10,14H,5,8H2,1-4H3. The zero-order valence-electron chi connectivity index (χ0n) is 14.0. The molecule has 2 aromatic heterocycles. The molecule has 0 aliphatic rings. The Hall–Kier alpha value is -1.77. The van der Waals surface area contributed by atoms with Crippen LogP contribution < -0.4 is 0 Å². The fourth-order valence-corrected chi connectivity index (χ4v) is 2.88. The van der Waals surface area contributed by atoms with Gasteiger partial charge in [-0.1, -0.05) is 0 Å². The topological polar surface area (TPSA) is 56.0 Å². The zero-order chi connectivity index (χ0) is 18.0. The number of amides is 1. The molecular weight excluding hydrogens is 384 g/mol. The molecule has 0 spiro atoms. The fourth-order valence-electron chi connectivity index (χ4n) is 2.44. The number of halogens is 3. The van der Waals surface area contributed by atoms with E-state index in [1.54, 1.807) is 25.6 Å². The summed E-state index contributed by atoms with van der Waals surface area (Å²) in [5, 5.41) is 8.23. The van der Waals surface area contributed by atoms with Crippen LogP contribution in [-0.4, -0.2) is 37.4 Å². The number of alkyl halides is 2. The van der Waals surface area contributed by atoms with Crippen LogP contribution in [0.3, 0.4) is 0 Å². The highest BCUT2D eigenvalue weighted by molar-refractivity contribution is 9.10. The first kappa shape index (κ1) is 18.6. The highest BCUT2D eigenvalue weighted by atomic mass is 79.9. The molecule has 0 N–H and O–H groups in total. The van der Waals surface area contributed by atoms with E-state index in [0.717, 1.165) is 16.7 Å². The van der Waals surface area contributed by atoms with E-state index < -0.39 is 12.5 Å². The van der Waals surface area contributed by atoms with Crippen molar-refractivity contribution in [1.29, 1.82) is 0 Å². The number of aryl methyl sites for hydroxylation is 2. The molecule has 1 amide bonds. The maximum atomic E-state index is 12.8. The van der Waals surface area contributed by atoms with Crippen LogP contribution in [0.2, 0.25) is 0 Å². The monoisotopic (exact) mass is 403 g/mol. The van der Waals surface area contributed by atoms with Crippen LogP contribution in [0.25, 0.3) is 0 Å². The Morgan fingerprint density at radius 2 is 2.08 bits per heavy atom. The lowest BCUT2D eigenvalue weighted by Gasteiger charge is -2.22. The molecule has 132 valence electrons. The first-order valence-electron chi connectivity index (χ1n) is 7.55. The maximum absolute atomic E-state index is 12.8. The van der Waals surface area contributed by atoms with Crippen LogP contribution in [0.4, 0.5) is 8.78 Å². The Morgan fingerprint density at radius 1 is 1.42 bits per heavy atom. The van der Waals surface area contributed by atoms with Crippen LogP contribution in [-0.2, 0) is 17.9 Å². The molecule has 0 aliphatic heterocycles. The Labute approximate surface area is 147 Å². The van der Waals surface area contributed by atoms with Gasteiger partial charge in [-0.05, 0) is 42.8 Å². The average Bonchev–Trinajstić information content (AvgIpc) is 3.09. The lowest BCUT2D eigenvalue weighted by atomic mass is 10.2. The lowest BCUT2D eigenvalue weighted by Crippen LogP contribution is -2.33. The molecule has 6 nitrogen and oxygen atoms in total. The minimum absolute atomic E-state index is 0.222. The second kappa shape index (κ2) is 7.42. The van der Waals surface area contributed by atoms with Crippen LogP contribution in [0.1, 0.15) is 43.4 Å². The molecule has 1 unspecified atom stereocenters. The third-order valence-corrected chi connectivity index (χ3v) is 4.43. The molecule has 0 saturated carbocycles. The van der Waals surface area contributed by atoms with E-state index in [1.165, 1.54) is 15.6 Å². The number of aromatic nitrogens is 4. The van der Waals surface area contributed by atoms with Crippen molar-refractivity contribution in [1.82, 2.24) is 24.5 Å². The first-order chi connectivity index (χ1) is 11.2. The highest BCUT2D eigenvalue weighted by Gasteiger charge is 2.24. The summed E-state index contributed by atoms with van der Waals surface area (Å²) in [7, 11) is 1.66. The molecule has 0 bridgehead atoms. The predicted molar refractivity (Wildman–Crippen MR) is 88.7 cm³/mol. The molecule has 1 atom stereocenters. The second-order valence-electron chi connectivity index (χ2n) is 5.61. The summed E-state index contributed by atoms with van der Waals surface area (Å²) < 4.78 is 29.5. The van der Waals surface area contributed by atoms with Crippen molar-refractivity contribution in [2.45, 2.75) is 46.3 Å². The van der Waals surface area contributed by atoms with E-state index in [1.807, 2.05) is 13.1 Å². The molecule has 9 heteroatoms. The van der Waals surface area contributed by atoms with Gasteiger partial charge < -0.3 is 4.90 Å². The van der Waals surface area contributed by atoms with Gasteiger partial charge in [-0.3, -0.25) is 14.2 Å². The summed E-state index contributed by atoms with van der Waals surface area (Å²) in [6.45, 7) is 6.32. The van der Waals surface area contributed by atoms with Gasteiger partial charge in [0.2, 0.25) is 5.91 Å². The van der Waals surface area contributed by atoms with E-state index in [4.69, 9.17) is 0 Å². The largest absolute Gasteiger partial charge is 0.338 e. The highest BCUT2D eigenvalue weighted by Crippen LogP contribution is 2.22. The molecule has 24 heavy (non-hydrogen) atoms. The summed E-state index contributed by atoms with van der Waals surface area (Å²) in [6.07, 6.45) is -0.803. The molecular formula is C15H20BrF2N5O. The zero-order valence-corrected chi connectivity index (χ0v) is 15.6. The van der Waals surface area contributed by atoms with Crippen molar-refractivity contribution < 1.29 is 13.6 Å². The van der Waals surface area contributed by atoms with E-state index in [9.17, 15) is 13.6 Å². The minimum atomic E-state index is -2.65. The van der Waals surface area contributed by atoms with Crippen molar-refractivity contribution in [3.63, 3.8) is 0 Å². The number of rotatable bonds is 6. The van der Waals surface area contributed by atoms with Gasteiger partial charge in [-0.2, -0.15) is 10.2 Å². The predicted octanol–water partition coefficient (Wildman–Crippen LogP) is 3.33.